The third-order valence-corrected chi connectivity index (χ3v) is 3.90. The van der Waals surface area contributed by atoms with Gasteiger partial charge in [-0.1, -0.05) is 15.9 Å². The second-order valence-electron chi connectivity index (χ2n) is 4.34. The Morgan fingerprint density at radius 1 is 1.39 bits per heavy atom. The van der Waals surface area contributed by atoms with Crippen molar-refractivity contribution in [1.29, 1.82) is 0 Å². The van der Waals surface area contributed by atoms with Crippen LogP contribution in [0.3, 0.4) is 0 Å². The number of carbonyl (C=O) groups excluding carboxylic acids is 1. The maximum atomic E-state index is 11.8. The molecule has 1 aliphatic rings. The van der Waals surface area contributed by atoms with Gasteiger partial charge in [-0.3, -0.25) is 4.79 Å². The quantitative estimate of drug-likeness (QED) is 0.928. The standard InChI is InChI=1S/C14H15BrO3/c1-18-10-5-6-12(15)9(7-10)8-11-13(16)3-2-4-14(11)17/h5-7,16H,2-4,8H2,1H3. The molecule has 0 spiro atoms. The van der Waals surface area contributed by atoms with Gasteiger partial charge in [0, 0.05) is 29.3 Å². The third kappa shape index (κ3) is 2.75. The Morgan fingerprint density at radius 2 is 2.17 bits per heavy atom. The number of carbonyl (C=O) groups is 1. The summed E-state index contributed by atoms with van der Waals surface area (Å²) >= 11 is 3.46. The maximum absolute atomic E-state index is 11.8. The minimum absolute atomic E-state index is 0.0495. The van der Waals surface area contributed by atoms with Crippen LogP contribution in [0.25, 0.3) is 0 Å². The molecule has 0 saturated carbocycles. The first kappa shape index (κ1) is 13.1. The molecule has 18 heavy (non-hydrogen) atoms. The molecule has 0 bridgehead atoms. The Balaban J connectivity index is 2.31. The Labute approximate surface area is 115 Å². The van der Waals surface area contributed by atoms with E-state index in [2.05, 4.69) is 15.9 Å². The molecule has 0 unspecified atom stereocenters. The van der Waals surface area contributed by atoms with E-state index in [9.17, 15) is 9.90 Å². The summed E-state index contributed by atoms with van der Waals surface area (Å²) in [4.78, 5) is 11.8. The van der Waals surface area contributed by atoms with Gasteiger partial charge in [-0.25, -0.2) is 0 Å². The lowest BCUT2D eigenvalue weighted by atomic mass is 9.91. The van der Waals surface area contributed by atoms with Gasteiger partial charge >= 0.3 is 0 Å². The average Bonchev–Trinajstić information content (AvgIpc) is 2.36. The van der Waals surface area contributed by atoms with Gasteiger partial charge in [0.15, 0.2) is 5.78 Å². The van der Waals surface area contributed by atoms with Crippen LogP contribution in [0, 0.1) is 0 Å². The van der Waals surface area contributed by atoms with Crippen molar-refractivity contribution in [3.05, 3.63) is 39.6 Å². The topological polar surface area (TPSA) is 46.5 Å². The van der Waals surface area contributed by atoms with Gasteiger partial charge in [0.2, 0.25) is 0 Å². The molecule has 4 heteroatoms. The summed E-state index contributed by atoms with van der Waals surface area (Å²) in [6, 6.07) is 5.62. The minimum Gasteiger partial charge on any atom is -0.512 e. The molecule has 0 radical (unpaired) electrons. The van der Waals surface area contributed by atoms with Crippen molar-refractivity contribution < 1.29 is 14.6 Å². The highest BCUT2D eigenvalue weighted by molar-refractivity contribution is 9.10. The van der Waals surface area contributed by atoms with E-state index >= 15 is 0 Å². The van der Waals surface area contributed by atoms with E-state index in [1.165, 1.54) is 0 Å². The Hall–Kier alpha value is -1.29. The highest BCUT2D eigenvalue weighted by Crippen LogP contribution is 2.28. The molecule has 3 nitrogen and oxygen atoms in total. The van der Waals surface area contributed by atoms with Gasteiger partial charge in [0.05, 0.1) is 12.9 Å². The molecule has 0 saturated heterocycles. The van der Waals surface area contributed by atoms with Crippen LogP contribution in [-0.2, 0) is 11.2 Å². The number of Topliss-reactive ketones (excluding diaryl/α,β-unsaturated/α-hetero) is 1. The lowest BCUT2D eigenvalue weighted by Crippen LogP contribution is -2.13. The lowest BCUT2D eigenvalue weighted by molar-refractivity contribution is -0.116. The minimum atomic E-state index is 0.0495. The smallest absolute Gasteiger partial charge is 0.162 e. The molecule has 0 atom stereocenters. The van der Waals surface area contributed by atoms with E-state index in [0.29, 0.717) is 24.8 Å². The van der Waals surface area contributed by atoms with Crippen LogP contribution in [0.5, 0.6) is 5.75 Å². The van der Waals surface area contributed by atoms with Gasteiger partial charge in [-0.2, -0.15) is 0 Å². The number of rotatable bonds is 3. The highest BCUT2D eigenvalue weighted by Gasteiger charge is 2.21. The number of hydrogen-bond donors (Lipinski definition) is 1. The Bertz CT molecular complexity index is 506. The number of aliphatic hydroxyl groups excluding tert-OH is 1. The number of ketones is 1. The second kappa shape index (κ2) is 5.57. The lowest BCUT2D eigenvalue weighted by Gasteiger charge is -2.16. The molecule has 1 aliphatic carbocycles. The van der Waals surface area contributed by atoms with Crippen LogP contribution >= 0.6 is 15.9 Å². The molecule has 1 N–H and O–H groups in total. The fourth-order valence-electron chi connectivity index (χ4n) is 2.08. The van der Waals surface area contributed by atoms with Gasteiger partial charge in [-0.05, 0) is 30.2 Å². The zero-order chi connectivity index (χ0) is 13.1. The van der Waals surface area contributed by atoms with Crippen molar-refractivity contribution in [1.82, 2.24) is 0 Å². The molecule has 0 amide bonds. The number of methoxy groups -OCH3 is 1. The van der Waals surface area contributed by atoms with Crippen molar-refractivity contribution >= 4 is 21.7 Å². The van der Waals surface area contributed by atoms with E-state index in [-0.39, 0.29) is 11.5 Å². The monoisotopic (exact) mass is 310 g/mol. The van der Waals surface area contributed by atoms with Crippen LogP contribution in [0.2, 0.25) is 0 Å². The first-order valence-electron chi connectivity index (χ1n) is 5.88. The van der Waals surface area contributed by atoms with Gasteiger partial charge < -0.3 is 9.84 Å². The molecule has 1 aromatic carbocycles. The largest absolute Gasteiger partial charge is 0.512 e. The fraction of sp³-hybridized carbons (Fsp3) is 0.357. The zero-order valence-corrected chi connectivity index (χ0v) is 11.8. The van der Waals surface area contributed by atoms with Gasteiger partial charge in [0.25, 0.3) is 0 Å². The Kier molecular flexibility index (Phi) is 4.07. The van der Waals surface area contributed by atoms with E-state index in [1.54, 1.807) is 7.11 Å². The first-order chi connectivity index (χ1) is 8.61. The van der Waals surface area contributed by atoms with Crippen LogP contribution in [0.15, 0.2) is 34.0 Å². The van der Waals surface area contributed by atoms with E-state index < -0.39 is 0 Å². The number of aliphatic hydroxyl groups is 1. The van der Waals surface area contributed by atoms with Crippen molar-refractivity contribution in [3.8, 4) is 5.75 Å². The summed E-state index contributed by atoms with van der Waals surface area (Å²) in [7, 11) is 1.61. The van der Waals surface area contributed by atoms with E-state index in [1.807, 2.05) is 18.2 Å². The number of benzene rings is 1. The summed E-state index contributed by atoms with van der Waals surface area (Å²) in [5.74, 6) is 1.03. The number of hydrogen-bond acceptors (Lipinski definition) is 3. The second-order valence-corrected chi connectivity index (χ2v) is 5.19. The fourth-order valence-corrected chi connectivity index (χ4v) is 2.47. The molecular formula is C14H15BrO3. The predicted molar refractivity (Wildman–Crippen MR) is 72.9 cm³/mol. The Morgan fingerprint density at radius 3 is 2.83 bits per heavy atom. The predicted octanol–water partition coefficient (Wildman–Crippen LogP) is 3.57. The molecular weight excluding hydrogens is 296 g/mol. The molecule has 0 fully saturated rings. The summed E-state index contributed by atoms with van der Waals surface area (Å²) in [5.41, 5.74) is 1.49. The normalized spacial score (nSPS) is 16.0. The third-order valence-electron chi connectivity index (χ3n) is 3.12. The van der Waals surface area contributed by atoms with Crippen molar-refractivity contribution in [2.75, 3.05) is 7.11 Å². The number of halogens is 1. The summed E-state index contributed by atoms with van der Waals surface area (Å²) in [5, 5.41) is 9.83. The van der Waals surface area contributed by atoms with Crippen molar-refractivity contribution in [2.45, 2.75) is 25.7 Å². The zero-order valence-electron chi connectivity index (χ0n) is 10.2. The molecule has 96 valence electrons. The highest BCUT2D eigenvalue weighted by atomic mass is 79.9. The first-order valence-corrected chi connectivity index (χ1v) is 6.67. The van der Waals surface area contributed by atoms with E-state index in [0.717, 1.165) is 22.2 Å². The molecule has 0 aliphatic heterocycles. The molecule has 2 rings (SSSR count). The van der Waals surface area contributed by atoms with Crippen molar-refractivity contribution in [3.63, 3.8) is 0 Å². The van der Waals surface area contributed by atoms with Crippen LogP contribution in [0.1, 0.15) is 24.8 Å². The summed E-state index contributed by atoms with van der Waals surface area (Å²) in [6.07, 6.45) is 2.32. The molecule has 0 heterocycles. The van der Waals surface area contributed by atoms with Crippen molar-refractivity contribution in [2.24, 2.45) is 0 Å². The van der Waals surface area contributed by atoms with Gasteiger partial charge in [-0.15, -0.1) is 0 Å². The maximum Gasteiger partial charge on any atom is 0.162 e. The van der Waals surface area contributed by atoms with Crippen LogP contribution < -0.4 is 4.74 Å². The summed E-state index contributed by atoms with van der Waals surface area (Å²) in [6.45, 7) is 0. The average molecular weight is 311 g/mol. The number of allylic oxidation sites excluding steroid dienone is 2. The molecule has 0 aromatic heterocycles. The SMILES string of the molecule is COc1ccc(Br)c(CC2=C(O)CCCC2=O)c1. The summed E-state index contributed by atoms with van der Waals surface area (Å²) < 4.78 is 6.09. The van der Waals surface area contributed by atoms with Crippen LogP contribution in [0.4, 0.5) is 0 Å². The number of ether oxygens (including phenoxy) is 1. The molecule has 1 aromatic rings. The van der Waals surface area contributed by atoms with E-state index in [4.69, 9.17) is 4.74 Å². The van der Waals surface area contributed by atoms with Gasteiger partial charge in [0.1, 0.15) is 5.75 Å². The van der Waals surface area contributed by atoms with Crippen LogP contribution in [-0.4, -0.2) is 18.0 Å².